The van der Waals surface area contributed by atoms with Gasteiger partial charge in [-0.25, -0.2) is 4.79 Å². The van der Waals surface area contributed by atoms with Gasteiger partial charge in [0, 0.05) is 62.7 Å². The van der Waals surface area contributed by atoms with Crippen LogP contribution in [0.25, 0.3) is 0 Å². The lowest BCUT2D eigenvalue weighted by Crippen LogP contribution is -2.47. The summed E-state index contributed by atoms with van der Waals surface area (Å²) in [5.41, 5.74) is 0.139. The maximum absolute atomic E-state index is 12.5. The number of carbonyl (C=O) groups excluding carboxylic acids is 2. The zero-order chi connectivity index (χ0) is 20.1. The number of rotatable bonds is 5. The van der Waals surface area contributed by atoms with E-state index in [0.717, 1.165) is 13.1 Å². The Kier molecular flexibility index (Phi) is 6.05. The van der Waals surface area contributed by atoms with E-state index in [1.54, 1.807) is 24.3 Å². The van der Waals surface area contributed by atoms with Gasteiger partial charge in [-0.1, -0.05) is 0 Å². The fraction of sp³-hybridized carbons (Fsp3) is 0.368. The maximum atomic E-state index is 12.5. The third kappa shape index (κ3) is 4.95. The van der Waals surface area contributed by atoms with Crippen molar-refractivity contribution in [3.63, 3.8) is 0 Å². The van der Waals surface area contributed by atoms with Gasteiger partial charge in [0.15, 0.2) is 0 Å². The second kappa shape index (κ2) is 8.66. The van der Waals surface area contributed by atoms with Crippen molar-refractivity contribution in [2.75, 3.05) is 38.5 Å². The van der Waals surface area contributed by atoms with Crippen molar-refractivity contribution >= 4 is 17.5 Å². The summed E-state index contributed by atoms with van der Waals surface area (Å²) in [7, 11) is 2.03. The van der Waals surface area contributed by atoms with E-state index in [4.69, 9.17) is 0 Å². The average Bonchev–Trinajstić information content (AvgIpc) is 2.68. The molecule has 3 rings (SSSR count). The predicted octanol–water partition coefficient (Wildman–Crippen LogP) is -0.0470. The Morgan fingerprint density at radius 2 is 1.71 bits per heavy atom. The molecular weight excluding hydrogens is 362 g/mol. The van der Waals surface area contributed by atoms with Gasteiger partial charge < -0.3 is 19.7 Å². The monoisotopic (exact) mass is 385 g/mol. The van der Waals surface area contributed by atoms with Crippen molar-refractivity contribution in [3.8, 4) is 0 Å². The quantitative estimate of drug-likeness (QED) is 0.751. The van der Waals surface area contributed by atoms with E-state index in [-0.39, 0.29) is 24.8 Å². The highest BCUT2D eigenvalue weighted by Crippen LogP contribution is 2.13. The number of hydrogen-bond acceptors (Lipinski definition) is 5. The fourth-order valence-corrected chi connectivity index (χ4v) is 2.95. The largest absolute Gasteiger partial charge is 0.336 e. The summed E-state index contributed by atoms with van der Waals surface area (Å²) in [6, 6.07) is 8.00. The fourth-order valence-electron chi connectivity index (χ4n) is 2.95. The zero-order valence-corrected chi connectivity index (χ0v) is 15.7. The molecule has 28 heavy (non-hydrogen) atoms. The highest BCUT2D eigenvalue weighted by Gasteiger charge is 2.20. The molecule has 2 heterocycles. The molecule has 2 amide bonds. The Morgan fingerprint density at radius 3 is 2.36 bits per heavy atom. The van der Waals surface area contributed by atoms with Crippen LogP contribution in [0.2, 0.25) is 0 Å². The van der Waals surface area contributed by atoms with Crippen molar-refractivity contribution in [1.82, 2.24) is 19.4 Å². The van der Waals surface area contributed by atoms with Crippen molar-refractivity contribution < 1.29 is 9.59 Å². The van der Waals surface area contributed by atoms with E-state index < -0.39 is 11.2 Å². The van der Waals surface area contributed by atoms with Gasteiger partial charge in [0.25, 0.3) is 11.5 Å². The summed E-state index contributed by atoms with van der Waals surface area (Å²) in [4.78, 5) is 53.4. The van der Waals surface area contributed by atoms with Crippen LogP contribution in [0.4, 0.5) is 5.69 Å². The number of nitrogens with zero attached hydrogens (tertiary/aromatic N) is 3. The minimum Gasteiger partial charge on any atom is -0.336 e. The van der Waals surface area contributed by atoms with Crippen LogP contribution in [0.1, 0.15) is 16.8 Å². The molecule has 0 atom stereocenters. The minimum atomic E-state index is -0.549. The van der Waals surface area contributed by atoms with E-state index in [1.807, 2.05) is 11.9 Å². The van der Waals surface area contributed by atoms with Crippen molar-refractivity contribution in [2.45, 2.75) is 13.0 Å². The molecule has 1 aliphatic rings. The molecule has 9 heteroatoms. The van der Waals surface area contributed by atoms with E-state index in [9.17, 15) is 19.2 Å². The molecule has 0 saturated carbocycles. The first-order valence-corrected chi connectivity index (χ1v) is 9.10. The van der Waals surface area contributed by atoms with Gasteiger partial charge in [-0.3, -0.25) is 19.4 Å². The smallest absolute Gasteiger partial charge is 0.328 e. The zero-order valence-electron chi connectivity index (χ0n) is 15.7. The first-order chi connectivity index (χ1) is 13.4. The Labute approximate surface area is 161 Å². The van der Waals surface area contributed by atoms with Gasteiger partial charge in [-0.05, 0) is 31.3 Å². The molecule has 148 valence electrons. The Balaban J connectivity index is 1.53. The third-order valence-electron chi connectivity index (χ3n) is 4.68. The van der Waals surface area contributed by atoms with Crippen LogP contribution in [0.3, 0.4) is 0 Å². The number of hydrogen-bond donors (Lipinski definition) is 2. The number of aromatic amines is 1. The number of carbonyl (C=O) groups is 2. The van der Waals surface area contributed by atoms with Crippen LogP contribution < -0.4 is 16.6 Å². The van der Waals surface area contributed by atoms with Gasteiger partial charge in [0.05, 0.1) is 0 Å². The first-order valence-electron chi connectivity index (χ1n) is 9.10. The molecular formula is C19H23N5O4. The highest BCUT2D eigenvalue weighted by molar-refractivity contribution is 5.95. The molecule has 0 radical (unpaired) electrons. The first kappa shape index (κ1) is 19.6. The third-order valence-corrected chi connectivity index (χ3v) is 4.68. The number of piperazine rings is 1. The average molecular weight is 385 g/mol. The molecule has 0 unspecified atom stereocenters. The van der Waals surface area contributed by atoms with Crippen LogP contribution in [-0.4, -0.2) is 64.4 Å². The second-order valence-corrected chi connectivity index (χ2v) is 6.77. The molecule has 0 spiro atoms. The molecule has 0 aliphatic carbocycles. The number of amides is 2. The van der Waals surface area contributed by atoms with Crippen LogP contribution in [0.5, 0.6) is 0 Å². The summed E-state index contributed by atoms with van der Waals surface area (Å²) in [5.74, 6) is -0.278. The lowest BCUT2D eigenvalue weighted by Gasteiger charge is -2.32. The number of benzene rings is 1. The predicted molar refractivity (Wildman–Crippen MR) is 104 cm³/mol. The maximum Gasteiger partial charge on any atom is 0.328 e. The van der Waals surface area contributed by atoms with Gasteiger partial charge in [0.2, 0.25) is 5.91 Å². The molecule has 2 aromatic rings. The van der Waals surface area contributed by atoms with E-state index >= 15 is 0 Å². The molecule has 1 saturated heterocycles. The Hall–Kier alpha value is -3.20. The van der Waals surface area contributed by atoms with Crippen LogP contribution in [-0.2, 0) is 11.3 Å². The van der Waals surface area contributed by atoms with Crippen molar-refractivity contribution in [2.24, 2.45) is 0 Å². The molecule has 9 nitrogen and oxygen atoms in total. The molecule has 2 N–H and O–H groups in total. The number of likely N-dealkylation sites (N-methyl/N-ethyl adjacent to an activating group) is 1. The van der Waals surface area contributed by atoms with Gasteiger partial charge in [-0.2, -0.15) is 0 Å². The summed E-state index contributed by atoms with van der Waals surface area (Å²) >= 11 is 0. The molecule has 1 aliphatic heterocycles. The van der Waals surface area contributed by atoms with Crippen LogP contribution >= 0.6 is 0 Å². The van der Waals surface area contributed by atoms with Gasteiger partial charge in [0.1, 0.15) is 0 Å². The standard InChI is InChI=1S/C19H23N5O4/c1-22-10-12-23(13-11-22)18(27)14-2-4-15(5-3-14)20-16(25)6-8-24-9-7-17(26)21-19(24)28/h2-5,7,9H,6,8,10-13H2,1H3,(H,20,25)(H,21,26,28). The van der Waals surface area contributed by atoms with Crippen molar-refractivity contribution in [1.29, 1.82) is 0 Å². The highest BCUT2D eigenvalue weighted by atomic mass is 16.2. The Morgan fingerprint density at radius 1 is 1.04 bits per heavy atom. The SMILES string of the molecule is CN1CCN(C(=O)c2ccc(NC(=O)CCn3ccc(=O)[nH]c3=O)cc2)CC1. The molecule has 1 aromatic carbocycles. The summed E-state index contributed by atoms with van der Waals surface area (Å²) < 4.78 is 1.26. The minimum absolute atomic E-state index is 0.0107. The van der Waals surface area contributed by atoms with Crippen LogP contribution in [0, 0.1) is 0 Å². The lowest BCUT2D eigenvalue weighted by atomic mass is 10.1. The van der Waals surface area contributed by atoms with Gasteiger partial charge >= 0.3 is 5.69 Å². The summed E-state index contributed by atoms with van der Waals surface area (Å²) in [6.07, 6.45) is 1.43. The Bertz CT molecular complexity index is 955. The number of anilines is 1. The molecule has 1 aromatic heterocycles. The van der Waals surface area contributed by atoms with E-state index in [1.165, 1.54) is 16.8 Å². The second-order valence-electron chi connectivity index (χ2n) is 6.77. The molecule has 1 fully saturated rings. The topological polar surface area (TPSA) is 108 Å². The number of aromatic nitrogens is 2. The normalized spacial score (nSPS) is 14.7. The number of aryl methyl sites for hydroxylation is 1. The summed E-state index contributed by atoms with van der Waals surface area (Å²) in [6.45, 7) is 3.29. The van der Waals surface area contributed by atoms with E-state index in [2.05, 4.69) is 15.2 Å². The van der Waals surface area contributed by atoms with Crippen molar-refractivity contribution in [3.05, 3.63) is 62.9 Å². The lowest BCUT2D eigenvalue weighted by molar-refractivity contribution is -0.116. The summed E-state index contributed by atoms with van der Waals surface area (Å²) in [5, 5.41) is 2.74. The van der Waals surface area contributed by atoms with E-state index in [0.29, 0.717) is 24.3 Å². The van der Waals surface area contributed by atoms with Gasteiger partial charge in [-0.15, -0.1) is 0 Å². The molecule has 0 bridgehead atoms. The van der Waals surface area contributed by atoms with Crippen LogP contribution in [0.15, 0.2) is 46.1 Å². The number of H-pyrrole nitrogens is 1. The number of nitrogens with one attached hydrogen (secondary N) is 2.